The molecule has 2 aromatic heterocycles. The van der Waals surface area contributed by atoms with Crippen molar-refractivity contribution >= 4 is 40.2 Å². The van der Waals surface area contributed by atoms with E-state index in [1.807, 2.05) is 0 Å². The molecule has 2 heterocycles. The molecule has 0 saturated heterocycles. The van der Waals surface area contributed by atoms with E-state index in [0.717, 1.165) is 10.1 Å². The second kappa shape index (κ2) is 6.54. The quantitative estimate of drug-likeness (QED) is 0.281. The Bertz CT molecular complexity index is 1040. The molecule has 3 aromatic rings. The molecule has 8 nitrogen and oxygen atoms in total. The van der Waals surface area contributed by atoms with E-state index in [1.54, 1.807) is 24.3 Å². The van der Waals surface area contributed by atoms with E-state index in [4.69, 9.17) is 11.6 Å². The van der Waals surface area contributed by atoms with Gasteiger partial charge in [0.2, 0.25) is 0 Å². The Labute approximate surface area is 144 Å². The summed E-state index contributed by atoms with van der Waals surface area (Å²) in [7, 11) is 1.38. The maximum Gasteiger partial charge on any atom is 0.329 e. The van der Waals surface area contributed by atoms with Crippen molar-refractivity contribution in [3.63, 3.8) is 0 Å². The third-order valence-corrected chi connectivity index (χ3v) is 4.51. The second-order valence-electron chi connectivity index (χ2n) is 4.90. The van der Waals surface area contributed by atoms with Crippen LogP contribution in [0.3, 0.4) is 0 Å². The van der Waals surface area contributed by atoms with Gasteiger partial charge in [0.25, 0.3) is 5.56 Å². The summed E-state index contributed by atoms with van der Waals surface area (Å²) in [4.78, 5) is 33.1. The van der Waals surface area contributed by atoms with Gasteiger partial charge in [0, 0.05) is 23.4 Å². The highest BCUT2D eigenvalue weighted by Crippen LogP contribution is 2.19. The van der Waals surface area contributed by atoms with Gasteiger partial charge in [0.05, 0.1) is 5.71 Å². The molecule has 3 N–H and O–H groups in total. The third-order valence-electron chi connectivity index (χ3n) is 3.37. The van der Waals surface area contributed by atoms with Crippen LogP contribution in [0, 0.1) is 0 Å². The first-order chi connectivity index (χ1) is 11.5. The van der Waals surface area contributed by atoms with Crippen molar-refractivity contribution in [1.29, 1.82) is 0 Å². The summed E-state index contributed by atoms with van der Waals surface area (Å²) in [6.45, 7) is 0. The lowest BCUT2D eigenvalue weighted by molar-refractivity contribution is 0.319. The number of aromatic nitrogens is 4. The molecule has 24 heavy (non-hydrogen) atoms. The highest BCUT2D eigenvalue weighted by Gasteiger charge is 2.12. The summed E-state index contributed by atoms with van der Waals surface area (Å²) < 4.78 is 0.962. The molecule has 0 aliphatic rings. The van der Waals surface area contributed by atoms with Gasteiger partial charge in [-0.25, -0.2) is 9.78 Å². The fourth-order valence-corrected chi connectivity index (χ4v) is 3.01. The number of hydrogen-bond acceptors (Lipinski definition) is 6. The molecule has 3 rings (SSSR count). The highest BCUT2D eigenvalue weighted by molar-refractivity contribution is 7.99. The number of nitrogens with one attached hydrogen (secondary N) is 2. The molecule has 0 aliphatic heterocycles. The molecule has 0 fully saturated rings. The largest absolute Gasteiger partial charge is 0.411 e. The van der Waals surface area contributed by atoms with E-state index in [2.05, 4.69) is 20.1 Å². The van der Waals surface area contributed by atoms with E-state index in [9.17, 15) is 14.8 Å². The van der Waals surface area contributed by atoms with Crippen LogP contribution in [-0.2, 0) is 7.05 Å². The first kappa shape index (κ1) is 16.3. The number of oxime groups is 1. The number of nitrogens with zero attached hydrogens (tertiary/aromatic N) is 3. The maximum atomic E-state index is 12.0. The van der Waals surface area contributed by atoms with Crippen molar-refractivity contribution < 1.29 is 5.21 Å². The summed E-state index contributed by atoms with van der Waals surface area (Å²) in [6, 6.07) is 6.87. The Morgan fingerprint density at radius 2 is 2.04 bits per heavy atom. The zero-order valence-electron chi connectivity index (χ0n) is 12.4. The Hall–Kier alpha value is -2.52. The van der Waals surface area contributed by atoms with E-state index in [1.165, 1.54) is 18.8 Å². The normalized spacial score (nSPS) is 12.0. The summed E-state index contributed by atoms with van der Waals surface area (Å²) in [5.74, 6) is 0.308. The SMILES string of the molecule is Cn1c(=O)[nH]c2nc(SC/C(=N/O)c3ccc(Cl)cc3)[nH]c2c1=O. The predicted molar refractivity (Wildman–Crippen MR) is 92.5 cm³/mol. The number of rotatable bonds is 4. The lowest BCUT2D eigenvalue weighted by Gasteiger charge is -2.03. The van der Waals surface area contributed by atoms with Crippen molar-refractivity contribution in [3.05, 3.63) is 55.7 Å². The number of imidazole rings is 1. The Morgan fingerprint density at radius 3 is 2.71 bits per heavy atom. The van der Waals surface area contributed by atoms with Crippen LogP contribution in [0.1, 0.15) is 5.56 Å². The average Bonchev–Trinajstić information content (AvgIpc) is 2.98. The first-order valence-corrected chi connectivity index (χ1v) is 8.14. The number of hydrogen-bond donors (Lipinski definition) is 3. The molecule has 10 heteroatoms. The topological polar surface area (TPSA) is 116 Å². The van der Waals surface area contributed by atoms with Gasteiger partial charge in [0.1, 0.15) is 0 Å². The van der Waals surface area contributed by atoms with Crippen molar-refractivity contribution in [3.8, 4) is 0 Å². The lowest BCUT2D eigenvalue weighted by Crippen LogP contribution is -2.32. The van der Waals surface area contributed by atoms with Crippen LogP contribution in [0.25, 0.3) is 11.2 Å². The minimum Gasteiger partial charge on any atom is -0.411 e. The molecule has 0 bridgehead atoms. The summed E-state index contributed by atoms with van der Waals surface area (Å²) in [5.41, 5.74) is 0.567. The number of H-pyrrole nitrogens is 2. The monoisotopic (exact) mass is 365 g/mol. The Balaban J connectivity index is 1.85. The van der Waals surface area contributed by atoms with Crippen LogP contribution in [0.15, 0.2) is 44.2 Å². The van der Waals surface area contributed by atoms with E-state index >= 15 is 0 Å². The van der Waals surface area contributed by atoms with Gasteiger partial charge in [0.15, 0.2) is 16.3 Å². The van der Waals surface area contributed by atoms with Gasteiger partial charge in [-0.05, 0) is 12.1 Å². The van der Waals surface area contributed by atoms with Crippen LogP contribution in [-0.4, -0.2) is 36.2 Å². The van der Waals surface area contributed by atoms with Gasteiger partial charge < -0.3 is 10.2 Å². The number of benzene rings is 1. The number of thioether (sulfide) groups is 1. The molecular formula is C14H12ClN5O3S. The zero-order valence-corrected chi connectivity index (χ0v) is 14.0. The minimum atomic E-state index is -0.533. The van der Waals surface area contributed by atoms with Gasteiger partial charge in [-0.2, -0.15) is 0 Å². The molecule has 1 aromatic carbocycles. The second-order valence-corrected chi connectivity index (χ2v) is 6.30. The molecule has 0 spiro atoms. The lowest BCUT2D eigenvalue weighted by atomic mass is 10.1. The van der Waals surface area contributed by atoms with E-state index in [0.29, 0.717) is 21.6 Å². The number of fused-ring (bicyclic) bond motifs is 1. The summed E-state index contributed by atoms with van der Waals surface area (Å²) in [6.07, 6.45) is 0. The number of halogens is 1. The molecule has 0 radical (unpaired) electrons. The van der Waals surface area contributed by atoms with Gasteiger partial charge >= 0.3 is 5.69 Å². The fraction of sp³-hybridized carbons (Fsp3) is 0.143. The molecule has 0 atom stereocenters. The molecule has 124 valence electrons. The van der Waals surface area contributed by atoms with Crippen LogP contribution in [0.2, 0.25) is 5.02 Å². The van der Waals surface area contributed by atoms with Gasteiger partial charge in [-0.3, -0.25) is 14.3 Å². The van der Waals surface area contributed by atoms with Gasteiger partial charge in [-0.15, -0.1) is 0 Å². The maximum absolute atomic E-state index is 12.0. The van der Waals surface area contributed by atoms with Crippen molar-refractivity contribution in [2.75, 3.05) is 5.75 Å². The van der Waals surface area contributed by atoms with Gasteiger partial charge in [-0.1, -0.05) is 40.7 Å². The van der Waals surface area contributed by atoms with Crippen LogP contribution >= 0.6 is 23.4 Å². The fourth-order valence-electron chi connectivity index (χ4n) is 2.06. The number of aromatic amines is 2. The standard InChI is InChI=1S/C14H12ClN5O3S/c1-20-12(21)10-11(18-14(20)22)17-13(16-10)24-6-9(19-23)7-2-4-8(15)5-3-7/h2-5,23H,6H2,1H3,(H,16,17)(H,18,22)/b19-9-. The molecule has 0 unspecified atom stereocenters. The summed E-state index contributed by atoms with van der Waals surface area (Å²) in [5, 5.41) is 13.5. The summed E-state index contributed by atoms with van der Waals surface area (Å²) >= 11 is 7.07. The molecule has 0 amide bonds. The van der Waals surface area contributed by atoms with Crippen LogP contribution < -0.4 is 11.2 Å². The van der Waals surface area contributed by atoms with Crippen molar-refractivity contribution in [2.45, 2.75) is 5.16 Å². The van der Waals surface area contributed by atoms with E-state index in [-0.39, 0.29) is 11.2 Å². The predicted octanol–water partition coefficient (Wildman–Crippen LogP) is 1.57. The van der Waals surface area contributed by atoms with Crippen molar-refractivity contribution in [1.82, 2.24) is 19.5 Å². The van der Waals surface area contributed by atoms with Crippen molar-refractivity contribution in [2.24, 2.45) is 12.2 Å². The zero-order chi connectivity index (χ0) is 17.3. The van der Waals surface area contributed by atoms with Crippen LogP contribution in [0.4, 0.5) is 0 Å². The highest BCUT2D eigenvalue weighted by atomic mass is 35.5. The molecular weight excluding hydrogens is 354 g/mol. The first-order valence-electron chi connectivity index (χ1n) is 6.78. The molecule has 0 aliphatic carbocycles. The Morgan fingerprint density at radius 1 is 1.33 bits per heavy atom. The average molecular weight is 366 g/mol. The van der Waals surface area contributed by atoms with E-state index < -0.39 is 11.2 Å². The third kappa shape index (κ3) is 3.08. The molecule has 0 saturated carbocycles. The smallest absolute Gasteiger partial charge is 0.329 e. The Kier molecular flexibility index (Phi) is 4.45. The van der Waals surface area contributed by atoms with Crippen LogP contribution in [0.5, 0.6) is 0 Å². The minimum absolute atomic E-state index is 0.194.